The monoisotopic (exact) mass is 397 g/mol. The molecule has 1 heterocycles. The molecule has 0 fully saturated rings. The molecule has 3 rings (SSSR count). The summed E-state index contributed by atoms with van der Waals surface area (Å²) in [5.74, 6) is -0.00932. The van der Waals surface area contributed by atoms with Crippen LogP contribution < -0.4 is 5.32 Å². The predicted molar refractivity (Wildman–Crippen MR) is 113 cm³/mol. The van der Waals surface area contributed by atoms with Crippen molar-refractivity contribution in [1.82, 2.24) is 4.57 Å². The van der Waals surface area contributed by atoms with Crippen molar-refractivity contribution in [3.63, 3.8) is 0 Å². The number of aromatic nitrogens is 1. The third-order valence-electron chi connectivity index (χ3n) is 3.86. The van der Waals surface area contributed by atoms with Gasteiger partial charge in [-0.25, -0.2) is 0 Å². The molecule has 5 nitrogen and oxygen atoms in total. The fourth-order valence-corrected chi connectivity index (χ4v) is 3.81. The molecule has 2 N–H and O–H groups in total. The maximum Gasteiger partial charge on any atom is 0.221 e. The van der Waals surface area contributed by atoms with Gasteiger partial charge in [-0.2, -0.15) is 0 Å². The Morgan fingerprint density at radius 3 is 2.78 bits per heavy atom. The van der Waals surface area contributed by atoms with Crippen LogP contribution in [0.25, 0.3) is 0 Å². The number of aliphatic imine (C=N–C) groups is 1. The lowest BCUT2D eigenvalue weighted by atomic mass is 10.1. The molecule has 0 radical (unpaired) electrons. The highest BCUT2D eigenvalue weighted by molar-refractivity contribution is 7.73. The van der Waals surface area contributed by atoms with Crippen LogP contribution in [0.5, 0.6) is 5.88 Å². The third-order valence-corrected chi connectivity index (χ3v) is 5.23. The average molecular weight is 398 g/mol. The van der Waals surface area contributed by atoms with Crippen molar-refractivity contribution in [2.24, 2.45) is 4.99 Å². The number of carbonyl (C=O) groups excluding carboxylic acids is 1. The van der Waals surface area contributed by atoms with Gasteiger partial charge in [-0.3, -0.25) is 14.4 Å². The van der Waals surface area contributed by atoms with Gasteiger partial charge in [0.05, 0.1) is 11.9 Å². The number of hydrogen-bond acceptors (Lipinski definition) is 5. The van der Waals surface area contributed by atoms with Gasteiger partial charge in [0.25, 0.3) is 0 Å². The molecule has 0 saturated carbocycles. The number of nitrogens with zero attached hydrogens (tertiary/aromatic N) is 2. The van der Waals surface area contributed by atoms with Crippen LogP contribution in [0.2, 0.25) is 0 Å². The number of aromatic hydroxyl groups is 1. The Balaban J connectivity index is 1.75. The van der Waals surface area contributed by atoms with Gasteiger partial charge >= 0.3 is 0 Å². The number of benzene rings is 2. The van der Waals surface area contributed by atoms with Crippen LogP contribution in [-0.2, 0) is 17.8 Å². The molecular formula is C20H19N3O2S2. The van der Waals surface area contributed by atoms with Gasteiger partial charge in [0.2, 0.25) is 11.8 Å². The Hall–Kier alpha value is -2.77. The maximum absolute atomic E-state index is 11.2. The zero-order chi connectivity index (χ0) is 19.2. The van der Waals surface area contributed by atoms with Crippen LogP contribution in [0.1, 0.15) is 17.4 Å². The number of nitrogens with one attached hydrogen (secondary N) is 1. The number of rotatable bonds is 6. The topological polar surface area (TPSA) is 66.6 Å². The fraction of sp³-hybridized carbons (Fsp3) is 0.150. The molecule has 0 aliphatic carbocycles. The Bertz CT molecular complexity index is 1020. The second-order valence-corrected chi connectivity index (χ2v) is 7.61. The van der Waals surface area contributed by atoms with E-state index in [0.29, 0.717) is 26.8 Å². The van der Waals surface area contributed by atoms with E-state index in [2.05, 4.69) is 22.4 Å². The van der Waals surface area contributed by atoms with E-state index in [0.717, 1.165) is 6.42 Å². The second kappa shape index (κ2) is 8.75. The van der Waals surface area contributed by atoms with Crippen LogP contribution in [0.3, 0.4) is 0 Å². The van der Waals surface area contributed by atoms with E-state index < -0.39 is 0 Å². The molecule has 27 heavy (non-hydrogen) atoms. The number of anilines is 1. The highest BCUT2D eigenvalue weighted by atomic mass is 32.1. The number of carbonyl (C=O) groups is 1. The molecule has 2 aromatic carbocycles. The van der Waals surface area contributed by atoms with Gasteiger partial charge in [0.1, 0.15) is 4.88 Å². The number of hydrogen-bond donors (Lipinski definition) is 2. The van der Waals surface area contributed by atoms with Crippen molar-refractivity contribution in [3.8, 4) is 5.88 Å². The zero-order valence-electron chi connectivity index (χ0n) is 14.8. The Morgan fingerprint density at radius 1 is 1.26 bits per heavy atom. The van der Waals surface area contributed by atoms with E-state index in [4.69, 9.17) is 12.2 Å². The maximum atomic E-state index is 11.2. The summed E-state index contributed by atoms with van der Waals surface area (Å²) in [5.41, 5.74) is 2.54. The molecule has 0 aliphatic rings. The quantitative estimate of drug-likeness (QED) is 0.457. The summed E-state index contributed by atoms with van der Waals surface area (Å²) in [7, 11) is 0. The molecule has 1 aromatic heterocycles. The van der Waals surface area contributed by atoms with Crippen LogP contribution in [0, 0.1) is 3.95 Å². The molecule has 0 unspecified atom stereocenters. The first kappa shape index (κ1) is 19.0. The summed E-state index contributed by atoms with van der Waals surface area (Å²) in [5, 5.41) is 13.2. The van der Waals surface area contributed by atoms with Crippen molar-refractivity contribution in [3.05, 3.63) is 69.0 Å². The molecule has 1 amide bonds. The van der Waals surface area contributed by atoms with Gasteiger partial charge in [0.15, 0.2) is 3.95 Å². The first-order chi connectivity index (χ1) is 13.0. The summed E-state index contributed by atoms with van der Waals surface area (Å²) in [6, 6.07) is 17.3. The molecule has 7 heteroatoms. The van der Waals surface area contributed by atoms with Crippen molar-refractivity contribution in [1.29, 1.82) is 0 Å². The molecule has 3 aromatic rings. The zero-order valence-corrected chi connectivity index (χ0v) is 16.4. The van der Waals surface area contributed by atoms with Gasteiger partial charge in [-0.05, 0) is 42.4 Å². The minimum Gasteiger partial charge on any atom is -0.493 e. The molecular weight excluding hydrogens is 378 g/mol. The normalized spacial score (nSPS) is 11.0. The lowest BCUT2D eigenvalue weighted by Crippen LogP contribution is -2.05. The third kappa shape index (κ3) is 5.12. The van der Waals surface area contributed by atoms with Crippen LogP contribution >= 0.6 is 23.6 Å². The average Bonchev–Trinajstić information content (AvgIpc) is 2.92. The first-order valence-corrected chi connectivity index (χ1v) is 9.63. The number of aryl methyl sites for hydroxylation is 1. The lowest BCUT2D eigenvalue weighted by molar-refractivity contribution is -0.114. The van der Waals surface area contributed by atoms with Crippen LogP contribution in [0.4, 0.5) is 11.4 Å². The van der Waals surface area contributed by atoms with E-state index in [1.807, 2.05) is 30.3 Å². The standard InChI is InChI=1S/C20H19N3O2S2/c1-14(24)22-17-9-5-8-16(12-17)21-13-18-19(25)23(20(26)27-18)11-10-15-6-3-2-4-7-15/h2-9,12-13,25H,10-11H2,1H3,(H,22,24). The second-order valence-electron chi connectivity index (χ2n) is 5.93. The largest absolute Gasteiger partial charge is 0.493 e. The van der Waals surface area contributed by atoms with E-state index in [1.54, 1.807) is 22.9 Å². The van der Waals surface area contributed by atoms with Crippen molar-refractivity contribution in [2.75, 3.05) is 5.32 Å². The summed E-state index contributed by atoms with van der Waals surface area (Å²) < 4.78 is 2.33. The first-order valence-electron chi connectivity index (χ1n) is 8.41. The number of amides is 1. The highest BCUT2D eigenvalue weighted by Gasteiger charge is 2.10. The molecule has 0 atom stereocenters. The molecule has 0 bridgehead atoms. The van der Waals surface area contributed by atoms with Gasteiger partial charge in [-0.15, -0.1) is 0 Å². The molecule has 0 saturated heterocycles. The molecule has 0 spiro atoms. The summed E-state index contributed by atoms with van der Waals surface area (Å²) in [6.07, 6.45) is 2.39. The Morgan fingerprint density at radius 2 is 2.04 bits per heavy atom. The smallest absolute Gasteiger partial charge is 0.221 e. The minimum atomic E-state index is -0.137. The summed E-state index contributed by atoms with van der Waals surface area (Å²) in [4.78, 5) is 16.2. The summed E-state index contributed by atoms with van der Waals surface area (Å²) >= 11 is 6.71. The summed E-state index contributed by atoms with van der Waals surface area (Å²) in [6.45, 7) is 2.07. The minimum absolute atomic E-state index is 0.127. The van der Waals surface area contributed by atoms with Crippen molar-refractivity contribution < 1.29 is 9.90 Å². The van der Waals surface area contributed by atoms with Crippen LogP contribution in [-0.4, -0.2) is 21.8 Å². The van der Waals surface area contributed by atoms with E-state index >= 15 is 0 Å². The fourth-order valence-electron chi connectivity index (χ4n) is 2.58. The Labute approximate surface area is 166 Å². The highest BCUT2D eigenvalue weighted by Crippen LogP contribution is 2.26. The van der Waals surface area contributed by atoms with Crippen LogP contribution in [0.15, 0.2) is 59.6 Å². The molecule has 138 valence electrons. The van der Waals surface area contributed by atoms with Crippen molar-refractivity contribution in [2.45, 2.75) is 19.9 Å². The van der Waals surface area contributed by atoms with E-state index in [-0.39, 0.29) is 11.8 Å². The predicted octanol–water partition coefficient (Wildman–Crippen LogP) is 4.94. The van der Waals surface area contributed by atoms with Crippen molar-refractivity contribution >= 4 is 47.1 Å². The number of thiazole rings is 1. The van der Waals surface area contributed by atoms with Gasteiger partial charge in [0, 0.05) is 19.2 Å². The molecule has 0 aliphatic heterocycles. The van der Waals surface area contributed by atoms with Gasteiger partial charge in [-0.1, -0.05) is 47.7 Å². The Kier molecular flexibility index (Phi) is 6.16. The van der Waals surface area contributed by atoms with E-state index in [1.165, 1.54) is 23.8 Å². The van der Waals surface area contributed by atoms with E-state index in [9.17, 15) is 9.90 Å². The van der Waals surface area contributed by atoms with Gasteiger partial charge < -0.3 is 10.4 Å². The lowest BCUT2D eigenvalue weighted by Gasteiger charge is -2.05. The SMILES string of the molecule is CC(=O)Nc1cccc(N=Cc2sc(=S)n(CCc3ccccc3)c2O)c1.